The van der Waals surface area contributed by atoms with Crippen molar-refractivity contribution in [3.05, 3.63) is 52.3 Å². The van der Waals surface area contributed by atoms with Gasteiger partial charge in [0.1, 0.15) is 11.4 Å². The molecule has 2 heterocycles. The van der Waals surface area contributed by atoms with Crippen molar-refractivity contribution in [2.45, 2.75) is 13.8 Å². The molecule has 0 spiro atoms. The Balaban J connectivity index is 1.84. The molecule has 178 valence electrons. The number of H-pyrrole nitrogens is 1. The first-order chi connectivity index (χ1) is 15.8. The lowest BCUT2D eigenvalue weighted by Crippen LogP contribution is -2.44. The second-order valence-electron chi connectivity index (χ2n) is 7.95. The van der Waals surface area contributed by atoms with E-state index in [4.69, 9.17) is 14.2 Å². The van der Waals surface area contributed by atoms with Crippen LogP contribution in [0.4, 0.5) is 0 Å². The molecule has 0 aliphatic carbocycles. The Labute approximate surface area is 193 Å². The molecule has 33 heavy (non-hydrogen) atoms. The van der Waals surface area contributed by atoms with Crippen molar-refractivity contribution in [2.75, 3.05) is 60.2 Å². The van der Waals surface area contributed by atoms with Crippen molar-refractivity contribution in [1.29, 1.82) is 0 Å². The van der Waals surface area contributed by atoms with Gasteiger partial charge < -0.3 is 24.1 Å². The summed E-state index contributed by atoms with van der Waals surface area (Å²) >= 11 is 0. The fraction of sp³-hybridized carbons (Fsp3) is 0.458. The van der Waals surface area contributed by atoms with Crippen LogP contribution in [-0.4, -0.2) is 92.6 Å². The summed E-state index contributed by atoms with van der Waals surface area (Å²) < 4.78 is 15.4. The van der Waals surface area contributed by atoms with Crippen LogP contribution < -0.4 is 4.74 Å². The number of ether oxygens (including phenoxy) is 3. The third-order valence-corrected chi connectivity index (χ3v) is 5.83. The molecule has 9 heteroatoms. The molecule has 1 aliphatic rings. The van der Waals surface area contributed by atoms with Crippen LogP contribution in [-0.2, 0) is 9.47 Å². The van der Waals surface area contributed by atoms with Crippen molar-refractivity contribution >= 4 is 17.7 Å². The second-order valence-corrected chi connectivity index (χ2v) is 7.95. The normalized spacial score (nSPS) is 14.1. The number of hydrogen-bond acceptors (Lipinski definition) is 7. The lowest BCUT2D eigenvalue weighted by molar-refractivity contribution is 0.0323. The van der Waals surface area contributed by atoms with Crippen molar-refractivity contribution in [1.82, 2.24) is 14.8 Å². The predicted molar refractivity (Wildman–Crippen MR) is 122 cm³/mol. The Morgan fingerprint density at radius 3 is 2.55 bits per heavy atom. The molecule has 1 aliphatic heterocycles. The topological polar surface area (TPSA) is 101 Å². The highest BCUT2D eigenvalue weighted by Gasteiger charge is 2.26. The minimum Gasteiger partial charge on any atom is -0.497 e. The van der Waals surface area contributed by atoms with Crippen LogP contribution >= 0.6 is 0 Å². The quantitative estimate of drug-likeness (QED) is 0.454. The zero-order chi connectivity index (χ0) is 24.0. The summed E-state index contributed by atoms with van der Waals surface area (Å²) in [4.78, 5) is 45.4. The summed E-state index contributed by atoms with van der Waals surface area (Å²) in [6.07, 6.45) is 0. The van der Waals surface area contributed by atoms with Gasteiger partial charge in [-0.15, -0.1) is 0 Å². The number of rotatable bonds is 9. The molecule has 0 atom stereocenters. The van der Waals surface area contributed by atoms with E-state index >= 15 is 0 Å². The van der Waals surface area contributed by atoms with E-state index in [-0.39, 0.29) is 23.9 Å². The first-order valence-electron chi connectivity index (χ1n) is 10.9. The predicted octanol–water partition coefficient (Wildman–Crippen LogP) is 2.08. The molecule has 1 amide bonds. The number of nitrogens with one attached hydrogen (secondary N) is 1. The molecule has 1 N–H and O–H groups in total. The smallest absolute Gasteiger partial charge is 0.354 e. The molecule has 0 unspecified atom stereocenters. The summed E-state index contributed by atoms with van der Waals surface area (Å²) in [6.45, 7) is 7.21. The van der Waals surface area contributed by atoms with Crippen molar-refractivity contribution in [3.63, 3.8) is 0 Å². The highest BCUT2D eigenvalue weighted by Crippen LogP contribution is 2.21. The maximum absolute atomic E-state index is 13.4. The maximum Gasteiger partial charge on any atom is 0.354 e. The zero-order valence-corrected chi connectivity index (χ0v) is 19.6. The molecule has 0 saturated carbocycles. The SMILES string of the molecule is COC(=O)c1[nH]c(C)c(C(=O)CN(CCN2CCOCC2)C(=O)c2cccc(OC)c2)c1C. The van der Waals surface area contributed by atoms with Gasteiger partial charge in [0.05, 0.1) is 34.0 Å². The number of esters is 1. The van der Waals surface area contributed by atoms with E-state index in [9.17, 15) is 14.4 Å². The molecule has 9 nitrogen and oxygen atoms in total. The number of aryl methyl sites for hydroxylation is 1. The van der Waals surface area contributed by atoms with E-state index in [1.807, 2.05) is 0 Å². The molecular weight excluding hydrogens is 426 g/mol. The molecule has 1 saturated heterocycles. The first-order valence-corrected chi connectivity index (χ1v) is 10.9. The standard InChI is InChI=1S/C24H31N3O6/c1-16-21(17(2)25-22(16)24(30)32-4)20(28)15-27(9-8-26-10-12-33-13-11-26)23(29)18-6-5-7-19(14-18)31-3/h5-7,14,25H,8-13,15H2,1-4H3. The van der Waals surface area contributed by atoms with E-state index in [0.29, 0.717) is 54.4 Å². The molecule has 1 aromatic carbocycles. The third kappa shape index (κ3) is 5.80. The van der Waals surface area contributed by atoms with Gasteiger partial charge in [-0.25, -0.2) is 4.79 Å². The van der Waals surface area contributed by atoms with Gasteiger partial charge in [-0.2, -0.15) is 0 Å². The largest absolute Gasteiger partial charge is 0.497 e. The van der Waals surface area contributed by atoms with Gasteiger partial charge in [-0.3, -0.25) is 14.5 Å². The van der Waals surface area contributed by atoms with Gasteiger partial charge >= 0.3 is 5.97 Å². The molecular formula is C24H31N3O6. The van der Waals surface area contributed by atoms with Gasteiger partial charge in [0.15, 0.2) is 5.78 Å². The number of aromatic amines is 1. The number of methoxy groups -OCH3 is 2. The molecule has 1 aromatic heterocycles. The van der Waals surface area contributed by atoms with Crippen LogP contribution in [0, 0.1) is 13.8 Å². The van der Waals surface area contributed by atoms with Gasteiger partial charge in [0.25, 0.3) is 5.91 Å². The maximum atomic E-state index is 13.4. The number of carbonyl (C=O) groups is 3. The van der Waals surface area contributed by atoms with Gasteiger partial charge in [0.2, 0.25) is 0 Å². The summed E-state index contributed by atoms with van der Waals surface area (Å²) in [7, 11) is 2.83. The fourth-order valence-corrected chi connectivity index (χ4v) is 4.00. The van der Waals surface area contributed by atoms with E-state index in [1.54, 1.807) is 50.1 Å². The Bertz CT molecular complexity index is 1010. The summed E-state index contributed by atoms with van der Waals surface area (Å²) in [5.41, 5.74) is 2.19. The number of benzene rings is 1. The van der Waals surface area contributed by atoms with Crippen LogP contribution in [0.15, 0.2) is 24.3 Å². The monoisotopic (exact) mass is 457 g/mol. The number of aromatic nitrogens is 1. The Kier molecular flexibility index (Phi) is 8.24. The molecule has 0 radical (unpaired) electrons. The number of hydrogen-bond donors (Lipinski definition) is 1. The minimum absolute atomic E-state index is 0.111. The van der Waals surface area contributed by atoms with Gasteiger partial charge in [0, 0.05) is 43.0 Å². The summed E-state index contributed by atoms with van der Waals surface area (Å²) in [6, 6.07) is 6.88. The number of morpholine rings is 1. The van der Waals surface area contributed by atoms with E-state index in [0.717, 1.165) is 13.1 Å². The van der Waals surface area contributed by atoms with E-state index in [1.165, 1.54) is 7.11 Å². The van der Waals surface area contributed by atoms with Crippen LogP contribution in [0.25, 0.3) is 0 Å². The van der Waals surface area contributed by atoms with Crippen LogP contribution in [0.1, 0.15) is 42.5 Å². The Morgan fingerprint density at radius 1 is 1.15 bits per heavy atom. The van der Waals surface area contributed by atoms with Crippen LogP contribution in [0.3, 0.4) is 0 Å². The average Bonchev–Trinajstić information content (AvgIpc) is 3.15. The lowest BCUT2D eigenvalue weighted by atomic mass is 10.0. The minimum atomic E-state index is -0.536. The number of nitrogens with zero attached hydrogens (tertiary/aromatic N) is 2. The van der Waals surface area contributed by atoms with Crippen molar-refractivity contribution < 1.29 is 28.6 Å². The van der Waals surface area contributed by atoms with Crippen molar-refractivity contribution in [3.8, 4) is 5.75 Å². The molecule has 1 fully saturated rings. The zero-order valence-electron chi connectivity index (χ0n) is 19.6. The summed E-state index contributed by atoms with van der Waals surface area (Å²) in [5, 5.41) is 0. The average molecular weight is 458 g/mol. The van der Waals surface area contributed by atoms with Gasteiger partial charge in [-0.1, -0.05) is 6.07 Å². The lowest BCUT2D eigenvalue weighted by Gasteiger charge is -2.30. The first kappa shape index (κ1) is 24.5. The number of ketones is 1. The number of Topliss-reactive ketones (excluding diaryl/α,β-unsaturated/α-hetero) is 1. The van der Waals surface area contributed by atoms with Gasteiger partial charge in [-0.05, 0) is 37.6 Å². The van der Waals surface area contributed by atoms with Crippen LogP contribution in [0.2, 0.25) is 0 Å². The van der Waals surface area contributed by atoms with E-state index < -0.39 is 5.97 Å². The second kappa shape index (κ2) is 11.1. The third-order valence-electron chi connectivity index (χ3n) is 5.83. The summed E-state index contributed by atoms with van der Waals surface area (Å²) in [5.74, 6) is -0.462. The molecule has 2 aromatic rings. The molecule has 3 rings (SSSR count). The fourth-order valence-electron chi connectivity index (χ4n) is 4.00. The highest BCUT2D eigenvalue weighted by atomic mass is 16.5. The highest BCUT2D eigenvalue weighted by molar-refractivity contribution is 6.05. The number of carbonyl (C=O) groups excluding carboxylic acids is 3. The Morgan fingerprint density at radius 2 is 1.88 bits per heavy atom. The molecule has 0 bridgehead atoms. The van der Waals surface area contributed by atoms with E-state index in [2.05, 4.69) is 9.88 Å². The number of amides is 1. The van der Waals surface area contributed by atoms with Crippen molar-refractivity contribution in [2.24, 2.45) is 0 Å². The van der Waals surface area contributed by atoms with Crippen LogP contribution in [0.5, 0.6) is 5.75 Å². The Hall–Kier alpha value is -3.17.